The molecule has 2 saturated carbocycles. The lowest BCUT2D eigenvalue weighted by molar-refractivity contribution is -0.144. The molecule has 0 aliphatic heterocycles. The van der Waals surface area contributed by atoms with E-state index in [9.17, 15) is 9.90 Å². The van der Waals surface area contributed by atoms with Crippen LogP contribution in [0.3, 0.4) is 0 Å². The maximum atomic E-state index is 11.5. The summed E-state index contributed by atoms with van der Waals surface area (Å²) in [4.78, 5) is 11.5. The molecule has 0 radical (unpaired) electrons. The summed E-state index contributed by atoms with van der Waals surface area (Å²) in [5, 5.41) is 12.8. The summed E-state index contributed by atoms with van der Waals surface area (Å²) in [6.45, 7) is 2.08. The zero-order valence-electron chi connectivity index (χ0n) is 9.16. The highest BCUT2D eigenvalue weighted by Gasteiger charge is 2.52. The highest BCUT2D eigenvalue weighted by molar-refractivity contribution is 7.99. The molecule has 0 spiro atoms. The van der Waals surface area contributed by atoms with Gasteiger partial charge in [-0.3, -0.25) is 10.1 Å². The van der Waals surface area contributed by atoms with Gasteiger partial charge in [0.1, 0.15) is 5.54 Å². The first-order valence-corrected chi connectivity index (χ1v) is 6.93. The Bertz CT molecular complexity index is 251. The molecule has 4 heteroatoms. The lowest BCUT2D eigenvalue weighted by Gasteiger charge is -2.30. The van der Waals surface area contributed by atoms with Gasteiger partial charge in [0, 0.05) is 11.8 Å². The number of carboxylic acids is 1. The van der Waals surface area contributed by atoms with Crippen LogP contribution in [0.2, 0.25) is 0 Å². The van der Waals surface area contributed by atoms with Crippen LogP contribution in [0.25, 0.3) is 0 Å². The molecule has 0 aromatic heterocycles. The number of hydrogen-bond acceptors (Lipinski definition) is 3. The van der Waals surface area contributed by atoms with Crippen molar-refractivity contribution in [2.75, 3.05) is 11.5 Å². The lowest BCUT2D eigenvalue weighted by Crippen LogP contribution is -2.57. The lowest BCUT2D eigenvalue weighted by atomic mass is 9.95. The molecule has 0 bridgehead atoms. The Hall–Kier alpha value is -0.220. The van der Waals surface area contributed by atoms with Crippen LogP contribution < -0.4 is 5.32 Å². The number of carboxylic acid groups (broad SMARTS) is 1. The van der Waals surface area contributed by atoms with Gasteiger partial charge in [0.25, 0.3) is 0 Å². The van der Waals surface area contributed by atoms with Crippen LogP contribution in [0.4, 0.5) is 0 Å². The van der Waals surface area contributed by atoms with E-state index in [-0.39, 0.29) is 0 Å². The first-order chi connectivity index (χ1) is 7.19. The predicted molar refractivity (Wildman–Crippen MR) is 62.2 cm³/mol. The normalized spacial score (nSPS) is 24.9. The smallest absolute Gasteiger partial charge is 0.325 e. The minimum absolute atomic E-state index is 0.370. The van der Waals surface area contributed by atoms with E-state index in [1.807, 2.05) is 0 Å². The van der Waals surface area contributed by atoms with Gasteiger partial charge in [0.2, 0.25) is 0 Å². The molecular formula is C11H19NO2S. The Morgan fingerprint density at radius 3 is 2.53 bits per heavy atom. The third-order valence-electron chi connectivity index (χ3n) is 3.23. The van der Waals surface area contributed by atoms with Crippen molar-refractivity contribution in [1.29, 1.82) is 0 Å². The largest absolute Gasteiger partial charge is 0.480 e. The Balaban J connectivity index is 2.04. The minimum Gasteiger partial charge on any atom is -0.480 e. The van der Waals surface area contributed by atoms with Crippen molar-refractivity contribution in [3.05, 3.63) is 0 Å². The van der Waals surface area contributed by atoms with Gasteiger partial charge in [-0.15, -0.1) is 0 Å². The van der Waals surface area contributed by atoms with Crippen LogP contribution in [0.1, 0.15) is 32.6 Å². The van der Waals surface area contributed by atoms with Gasteiger partial charge >= 0.3 is 5.97 Å². The molecular weight excluding hydrogens is 210 g/mol. The van der Waals surface area contributed by atoms with Crippen LogP contribution in [0, 0.1) is 5.92 Å². The fourth-order valence-electron chi connectivity index (χ4n) is 2.01. The van der Waals surface area contributed by atoms with Crippen molar-refractivity contribution in [1.82, 2.24) is 5.32 Å². The van der Waals surface area contributed by atoms with Crippen molar-refractivity contribution in [3.8, 4) is 0 Å². The standard InChI is InChI=1S/C11H19NO2S/c1-2-15-7-11(10(13)14,8-3-4-8)12-9-5-6-9/h8-9,12H,2-7H2,1H3,(H,13,14). The monoisotopic (exact) mass is 229 g/mol. The average Bonchev–Trinajstić information content (AvgIpc) is 3.00. The first kappa shape index (κ1) is 11.3. The van der Waals surface area contributed by atoms with E-state index in [0.717, 1.165) is 37.2 Å². The summed E-state index contributed by atoms with van der Waals surface area (Å²) in [5.41, 5.74) is -0.623. The second-order valence-electron chi connectivity index (χ2n) is 4.61. The van der Waals surface area contributed by atoms with Crippen LogP contribution >= 0.6 is 11.8 Å². The van der Waals surface area contributed by atoms with Crippen LogP contribution in [0.5, 0.6) is 0 Å². The molecule has 2 rings (SSSR count). The summed E-state index contributed by atoms with van der Waals surface area (Å²) in [6.07, 6.45) is 4.46. The molecule has 1 unspecified atom stereocenters. The van der Waals surface area contributed by atoms with Gasteiger partial charge in [0.15, 0.2) is 0 Å². The van der Waals surface area contributed by atoms with E-state index in [1.165, 1.54) is 0 Å². The molecule has 2 N–H and O–H groups in total. The number of hydrogen-bond donors (Lipinski definition) is 2. The topological polar surface area (TPSA) is 49.3 Å². The van der Waals surface area contributed by atoms with Crippen LogP contribution in [-0.2, 0) is 4.79 Å². The Kier molecular flexibility index (Phi) is 3.26. The molecule has 2 aliphatic rings. The minimum atomic E-state index is -0.641. The second-order valence-corrected chi connectivity index (χ2v) is 5.88. The average molecular weight is 229 g/mol. The summed E-state index contributed by atoms with van der Waals surface area (Å²) in [7, 11) is 0. The molecule has 15 heavy (non-hydrogen) atoms. The maximum absolute atomic E-state index is 11.5. The van der Waals surface area contributed by atoms with Gasteiger partial charge in [-0.1, -0.05) is 6.92 Å². The van der Waals surface area contributed by atoms with Crippen molar-refractivity contribution in [2.45, 2.75) is 44.2 Å². The van der Waals surface area contributed by atoms with Crippen molar-refractivity contribution in [3.63, 3.8) is 0 Å². The molecule has 2 fully saturated rings. The Morgan fingerprint density at radius 1 is 1.47 bits per heavy atom. The van der Waals surface area contributed by atoms with Gasteiger partial charge in [-0.2, -0.15) is 11.8 Å². The van der Waals surface area contributed by atoms with E-state index in [4.69, 9.17) is 0 Å². The number of rotatable bonds is 7. The highest BCUT2D eigenvalue weighted by atomic mass is 32.2. The molecule has 0 heterocycles. The van der Waals surface area contributed by atoms with Gasteiger partial charge in [0.05, 0.1) is 0 Å². The summed E-state index contributed by atoms with van der Waals surface area (Å²) in [6, 6.07) is 0.471. The van der Waals surface area contributed by atoms with Gasteiger partial charge in [-0.25, -0.2) is 0 Å². The SMILES string of the molecule is CCSCC(NC1CC1)(C(=O)O)C1CC1. The van der Waals surface area contributed by atoms with Crippen molar-refractivity contribution in [2.24, 2.45) is 5.92 Å². The summed E-state index contributed by atoms with van der Waals surface area (Å²) in [5.74, 6) is 1.45. The summed E-state index contributed by atoms with van der Waals surface area (Å²) < 4.78 is 0. The molecule has 0 aromatic carbocycles. The molecule has 1 atom stereocenters. The number of thioether (sulfide) groups is 1. The van der Waals surface area contributed by atoms with Crippen molar-refractivity contribution >= 4 is 17.7 Å². The number of carbonyl (C=O) groups is 1. The fourth-order valence-corrected chi connectivity index (χ4v) is 2.98. The third kappa shape index (κ3) is 2.48. The highest BCUT2D eigenvalue weighted by Crippen LogP contribution is 2.43. The molecule has 3 nitrogen and oxygen atoms in total. The number of nitrogens with one attached hydrogen (secondary N) is 1. The molecule has 0 aromatic rings. The molecule has 86 valence electrons. The van der Waals surface area contributed by atoms with Crippen LogP contribution in [-0.4, -0.2) is 34.2 Å². The summed E-state index contributed by atoms with van der Waals surface area (Å²) >= 11 is 1.74. The number of aliphatic carboxylic acids is 1. The van der Waals surface area contributed by atoms with E-state index < -0.39 is 11.5 Å². The van der Waals surface area contributed by atoms with Crippen LogP contribution in [0.15, 0.2) is 0 Å². The molecule has 0 amide bonds. The second kappa shape index (κ2) is 4.34. The van der Waals surface area contributed by atoms with Gasteiger partial charge in [-0.05, 0) is 37.4 Å². The zero-order chi connectivity index (χ0) is 10.9. The van der Waals surface area contributed by atoms with Crippen molar-refractivity contribution < 1.29 is 9.90 Å². The van der Waals surface area contributed by atoms with E-state index >= 15 is 0 Å². The van der Waals surface area contributed by atoms with E-state index in [1.54, 1.807) is 11.8 Å². The maximum Gasteiger partial charge on any atom is 0.325 e. The third-order valence-corrected chi connectivity index (χ3v) is 4.30. The first-order valence-electron chi connectivity index (χ1n) is 5.78. The van der Waals surface area contributed by atoms with E-state index in [0.29, 0.717) is 12.0 Å². The predicted octanol–water partition coefficient (Wildman–Crippen LogP) is 1.72. The fraction of sp³-hybridized carbons (Fsp3) is 0.909. The zero-order valence-corrected chi connectivity index (χ0v) is 9.98. The van der Waals surface area contributed by atoms with Gasteiger partial charge < -0.3 is 5.11 Å². The Morgan fingerprint density at radius 2 is 2.13 bits per heavy atom. The molecule has 2 aliphatic carbocycles. The van der Waals surface area contributed by atoms with E-state index in [2.05, 4.69) is 12.2 Å². The quantitative estimate of drug-likeness (QED) is 0.698. The Labute approximate surface area is 95.0 Å². The molecule has 0 saturated heterocycles.